The Morgan fingerprint density at radius 1 is 1.12 bits per heavy atom. The van der Waals surface area contributed by atoms with Crippen LogP contribution in [0, 0.1) is 0 Å². The molecule has 0 fully saturated rings. The lowest BCUT2D eigenvalue weighted by Gasteiger charge is -2.39. The first-order valence-corrected chi connectivity index (χ1v) is 9.99. The van der Waals surface area contributed by atoms with Gasteiger partial charge in [-0.2, -0.15) is 8.78 Å². The molecule has 1 aliphatic heterocycles. The average Bonchev–Trinajstić information content (AvgIpc) is 3.21. The number of hydrogen-bond acceptors (Lipinski definition) is 6. The standard InChI is InChI=1S/C23H20F2N4O3/c1-22(24,25)19-9-8-15(11-27-19)23(12-29-14-28-16-5-4-10-26-21(16)29)13-31-18-7-3-6-17(30-2)20(18)32-23/h3-11,14H,12-13H2,1-2H3. The molecule has 0 saturated carbocycles. The normalized spacial score (nSPS) is 18.0. The van der Waals surface area contributed by atoms with Crippen LogP contribution in [-0.4, -0.2) is 33.2 Å². The number of benzene rings is 1. The number of alkyl halides is 2. The number of imidazole rings is 1. The van der Waals surface area contributed by atoms with Crippen molar-refractivity contribution in [1.82, 2.24) is 19.5 Å². The smallest absolute Gasteiger partial charge is 0.286 e. The minimum Gasteiger partial charge on any atom is -0.493 e. The maximum absolute atomic E-state index is 13.7. The van der Waals surface area contributed by atoms with Gasteiger partial charge in [0.1, 0.15) is 17.8 Å². The van der Waals surface area contributed by atoms with Gasteiger partial charge >= 0.3 is 0 Å². The molecule has 9 heteroatoms. The van der Waals surface area contributed by atoms with E-state index in [2.05, 4.69) is 15.0 Å². The van der Waals surface area contributed by atoms with E-state index in [1.165, 1.54) is 12.3 Å². The average molecular weight is 438 g/mol. The van der Waals surface area contributed by atoms with Crippen LogP contribution in [0.3, 0.4) is 0 Å². The Morgan fingerprint density at radius 3 is 2.75 bits per heavy atom. The summed E-state index contributed by atoms with van der Waals surface area (Å²) in [5.41, 5.74) is 0.588. The highest BCUT2D eigenvalue weighted by molar-refractivity contribution is 5.70. The highest BCUT2D eigenvalue weighted by Gasteiger charge is 2.43. The number of rotatable bonds is 5. The summed E-state index contributed by atoms with van der Waals surface area (Å²) in [7, 11) is 1.54. The van der Waals surface area contributed by atoms with Gasteiger partial charge in [-0.15, -0.1) is 0 Å². The monoisotopic (exact) mass is 438 g/mol. The number of fused-ring (bicyclic) bond motifs is 2. The van der Waals surface area contributed by atoms with Gasteiger partial charge in [0.2, 0.25) is 5.75 Å². The zero-order valence-electron chi connectivity index (χ0n) is 17.5. The third-order valence-electron chi connectivity index (χ3n) is 5.46. The number of halogens is 2. The molecular weight excluding hydrogens is 418 g/mol. The SMILES string of the molecule is COc1cccc2c1OC(Cn1cnc3cccnc31)(c1ccc(C(C)(F)F)nc1)CO2. The van der Waals surface area contributed by atoms with Crippen molar-refractivity contribution in [2.45, 2.75) is 25.0 Å². The molecule has 0 bridgehead atoms. The lowest BCUT2D eigenvalue weighted by Crippen LogP contribution is -2.46. The fourth-order valence-electron chi connectivity index (χ4n) is 3.81. The van der Waals surface area contributed by atoms with Gasteiger partial charge in [-0.3, -0.25) is 4.98 Å². The summed E-state index contributed by atoms with van der Waals surface area (Å²) in [6, 6.07) is 11.9. The second-order valence-corrected chi connectivity index (χ2v) is 7.71. The summed E-state index contributed by atoms with van der Waals surface area (Å²) >= 11 is 0. The van der Waals surface area contributed by atoms with E-state index in [4.69, 9.17) is 14.2 Å². The molecular formula is C23H20F2N4O3. The summed E-state index contributed by atoms with van der Waals surface area (Å²) < 4.78 is 47.4. The first-order valence-electron chi connectivity index (χ1n) is 9.99. The van der Waals surface area contributed by atoms with Crippen molar-refractivity contribution < 1.29 is 23.0 Å². The third-order valence-corrected chi connectivity index (χ3v) is 5.46. The highest BCUT2D eigenvalue weighted by atomic mass is 19.3. The van der Waals surface area contributed by atoms with Gasteiger partial charge in [0.05, 0.1) is 20.0 Å². The Morgan fingerprint density at radius 2 is 2.00 bits per heavy atom. The largest absolute Gasteiger partial charge is 0.493 e. The van der Waals surface area contributed by atoms with E-state index >= 15 is 0 Å². The van der Waals surface area contributed by atoms with Gasteiger partial charge in [-0.05, 0) is 30.3 Å². The van der Waals surface area contributed by atoms with Crippen LogP contribution in [0.15, 0.2) is 61.2 Å². The Kier molecular flexibility index (Phi) is 4.69. The van der Waals surface area contributed by atoms with Crippen molar-refractivity contribution in [2.75, 3.05) is 13.7 Å². The minimum absolute atomic E-state index is 0.128. The van der Waals surface area contributed by atoms with Crippen molar-refractivity contribution in [1.29, 1.82) is 0 Å². The van der Waals surface area contributed by atoms with Crippen LogP contribution in [0.2, 0.25) is 0 Å². The lowest BCUT2D eigenvalue weighted by molar-refractivity contribution is -0.0284. The van der Waals surface area contributed by atoms with E-state index in [9.17, 15) is 8.78 Å². The zero-order chi connectivity index (χ0) is 22.3. The molecule has 1 unspecified atom stereocenters. The predicted octanol–water partition coefficient (Wildman–Crippen LogP) is 4.31. The Bertz CT molecular complexity index is 1260. The second-order valence-electron chi connectivity index (χ2n) is 7.71. The fourth-order valence-corrected chi connectivity index (χ4v) is 3.81. The Labute approximate surface area is 182 Å². The molecule has 0 aliphatic carbocycles. The summed E-state index contributed by atoms with van der Waals surface area (Å²) in [6.07, 6.45) is 4.76. The number of aromatic nitrogens is 4. The molecule has 7 nitrogen and oxygen atoms in total. The van der Waals surface area contributed by atoms with Gasteiger partial charge in [-0.25, -0.2) is 9.97 Å². The maximum atomic E-state index is 13.7. The zero-order valence-corrected chi connectivity index (χ0v) is 17.5. The van der Waals surface area contributed by atoms with Crippen LogP contribution in [0.25, 0.3) is 11.2 Å². The van der Waals surface area contributed by atoms with E-state index < -0.39 is 11.5 Å². The second kappa shape index (κ2) is 7.44. The molecule has 0 amide bonds. The minimum atomic E-state index is -3.05. The molecule has 1 aliphatic rings. The van der Waals surface area contributed by atoms with E-state index in [-0.39, 0.29) is 18.8 Å². The van der Waals surface area contributed by atoms with Crippen LogP contribution >= 0.6 is 0 Å². The van der Waals surface area contributed by atoms with Crippen molar-refractivity contribution in [3.63, 3.8) is 0 Å². The van der Waals surface area contributed by atoms with Gasteiger partial charge in [0.15, 0.2) is 22.7 Å². The summed E-state index contributed by atoms with van der Waals surface area (Å²) in [5.74, 6) is -1.57. The number of pyridine rings is 2. The number of hydrogen-bond donors (Lipinski definition) is 0. The first kappa shape index (κ1) is 20.2. The van der Waals surface area contributed by atoms with E-state index in [1.54, 1.807) is 43.9 Å². The van der Waals surface area contributed by atoms with E-state index in [0.717, 1.165) is 12.4 Å². The molecule has 3 aromatic heterocycles. The third kappa shape index (κ3) is 3.39. The van der Waals surface area contributed by atoms with Crippen LogP contribution in [0.1, 0.15) is 18.2 Å². The molecule has 1 atom stereocenters. The molecule has 1 aromatic carbocycles. The van der Waals surface area contributed by atoms with Crippen LogP contribution < -0.4 is 14.2 Å². The molecule has 0 radical (unpaired) electrons. The lowest BCUT2D eigenvalue weighted by atomic mass is 9.93. The van der Waals surface area contributed by atoms with E-state index in [1.807, 2.05) is 16.7 Å². The molecule has 164 valence electrons. The number of ether oxygens (including phenoxy) is 3. The van der Waals surface area contributed by atoms with Crippen LogP contribution in [0.5, 0.6) is 17.2 Å². The van der Waals surface area contributed by atoms with Crippen LogP contribution in [-0.2, 0) is 18.1 Å². The fraction of sp³-hybridized carbons (Fsp3) is 0.261. The van der Waals surface area contributed by atoms with Gasteiger partial charge in [0, 0.05) is 24.9 Å². The quantitative estimate of drug-likeness (QED) is 0.462. The first-order chi connectivity index (χ1) is 15.4. The van der Waals surface area contributed by atoms with Crippen molar-refractivity contribution >= 4 is 11.2 Å². The number of methoxy groups -OCH3 is 1. The number of para-hydroxylation sites is 1. The Hall–Kier alpha value is -3.75. The molecule has 0 saturated heterocycles. The molecule has 4 heterocycles. The van der Waals surface area contributed by atoms with Gasteiger partial charge in [-0.1, -0.05) is 12.1 Å². The molecule has 4 aromatic rings. The van der Waals surface area contributed by atoms with Gasteiger partial charge < -0.3 is 18.8 Å². The van der Waals surface area contributed by atoms with Gasteiger partial charge in [0.25, 0.3) is 5.92 Å². The molecule has 0 N–H and O–H groups in total. The summed E-state index contributed by atoms with van der Waals surface area (Å²) in [4.78, 5) is 12.8. The van der Waals surface area contributed by atoms with E-state index in [0.29, 0.717) is 28.5 Å². The highest BCUT2D eigenvalue weighted by Crippen LogP contribution is 2.46. The predicted molar refractivity (Wildman–Crippen MR) is 112 cm³/mol. The molecule has 5 rings (SSSR count). The van der Waals surface area contributed by atoms with Crippen molar-refractivity contribution in [2.24, 2.45) is 0 Å². The van der Waals surface area contributed by atoms with Crippen molar-refractivity contribution in [3.8, 4) is 17.2 Å². The maximum Gasteiger partial charge on any atom is 0.286 e. The number of nitrogens with zero attached hydrogens (tertiary/aromatic N) is 4. The molecule has 0 spiro atoms. The summed E-state index contributed by atoms with van der Waals surface area (Å²) in [6.45, 7) is 1.21. The van der Waals surface area contributed by atoms with Crippen LogP contribution in [0.4, 0.5) is 8.78 Å². The summed E-state index contributed by atoms with van der Waals surface area (Å²) in [5, 5.41) is 0. The van der Waals surface area contributed by atoms with Crippen molar-refractivity contribution in [3.05, 3.63) is 72.4 Å². The Balaban J connectivity index is 1.62. The molecule has 32 heavy (non-hydrogen) atoms. The topological polar surface area (TPSA) is 71.3 Å².